The summed E-state index contributed by atoms with van der Waals surface area (Å²) in [5, 5.41) is 6.91. The van der Waals surface area contributed by atoms with Crippen molar-refractivity contribution in [2.45, 2.75) is 39.2 Å². The van der Waals surface area contributed by atoms with Gasteiger partial charge in [-0.1, -0.05) is 18.6 Å². The van der Waals surface area contributed by atoms with Crippen LogP contribution < -0.4 is 15.5 Å². The first-order valence-corrected chi connectivity index (χ1v) is 9.36. The molecule has 2 N–H and O–H groups in total. The molecule has 1 aromatic rings. The third-order valence-corrected chi connectivity index (χ3v) is 5.10. The molecule has 0 unspecified atom stereocenters. The highest BCUT2D eigenvalue weighted by Crippen LogP contribution is 2.43. The number of nitrogens with one attached hydrogen (secondary N) is 2. The predicted octanol–water partition coefficient (Wildman–Crippen LogP) is 3.01. The SMILES string of the molecule is CCNC(=NCc1ccc(N(C)C)cc1)NCC1(CCOC)CCC1. The lowest BCUT2D eigenvalue weighted by molar-refractivity contribution is 0.0732. The number of hydrogen-bond donors (Lipinski definition) is 2. The largest absolute Gasteiger partial charge is 0.385 e. The van der Waals surface area contributed by atoms with Crippen LogP contribution in [0.2, 0.25) is 0 Å². The van der Waals surface area contributed by atoms with Crippen molar-refractivity contribution >= 4 is 11.6 Å². The van der Waals surface area contributed by atoms with Gasteiger partial charge in [-0.05, 0) is 49.3 Å². The van der Waals surface area contributed by atoms with Gasteiger partial charge >= 0.3 is 0 Å². The van der Waals surface area contributed by atoms with Crippen LogP contribution in [0.15, 0.2) is 29.3 Å². The van der Waals surface area contributed by atoms with Gasteiger partial charge in [0.05, 0.1) is 6.54 Å². The molecule has 1 saturated carbocycles. The minimum Gasteiger partial charge on any atom is -0.385 e. The fourth-order valence-corrected chi connectivity index (χ4v) is 3.19. The number of nitrogens with zero attached hydrogens (tertiary/aromatic N) is 2. The minimum absolute atomic E-state index is 0.388. The molecular formula is C20H34N4O. The molecule has 1 fully saturated rings. The van der Waals surface area contributed by atoms with E-state index < -0.39 is 0 Å². The molecule has 0 amide bonds. The molecule has 25 heavy (non-hydrogen) atoms. The van der Waals surface area contributed by atoms with Crippen LogP contribution in [-0.2, 0) is 11.3 Å². The summed E-state index contributed by atoms with van der Waals surface area (Å²) in [5.74, 6) is 0.905. The molecule has 1 aliphatic rings. The Bertz CT molecular complexity index is 535. The van der Waals surface area contributed by atoms with Gasteiger partial charge in [0.2, 0.25) is 0 Å². The molecule has 0 atom stereocenters. The number of ether oxygens (including phenoxy) is 1. The van der Waals surface area contributed by atoms with E-state index in [1.807, 2.05) is 0 Å². The van der Waals surface area contributed by atoms with Crippen molar-refractivity contribution in [3.63, 3.8) is 0 Å². The highest BCUT2D eigenvalue weighted by atomic mass is 16.5. The van der Waals surface area contributed by atoms with E-state index in [1.54, 1.807) is 7.11 Å². The Balaban J connectivity index is 1.91. The van der Waals surface area contributed by atoms with Gasteiger partial charge in [0, 0.05) is 46.6 Å². The molecule has 5 nitrogen and oxygen atoms in total. The van der Waals surface area contributed by atoms with E-state index in [0.717, 1.165) is 32.1 Å². The minimum atomic E-state index is 0.388. The van der Waals surface area contributed by atoms with Gasteiger partial charge in [-0.3, -0.25) is 0 Å². The molecule has 5 heteroatoms. The summed E-state index contributed by atoms with van der Waals surface area (Å²) in [4.78, 5) is 6.86. The normalized spacial score (nSPS) is 16.2. The maximum Gasteiger partial charge on any atom is 0.191 e. The smallest absolute Gasteiger partial charge is 0.191 e. The van der Waals surface area contributed by atoms with E-state index in [-0.39, 0.29) is 0 Å². The Hall–Kier alpha value is -1.75. The van der Waals surface area contributed by atoms with E-state index >= 15 is 0 Å². The van der Waals surface area contributed by atoms with Gasteiger partial charge in [0.15, 0.2) is 5.96 Å². The summed E-state index contributed by atoms with van der Waals surface area (Å²) in [6.45, 7) is 5.48. The molecule has 0 bridgehead atoms. The van der Waals surface area contributed by atoms with E-state index in [1.165, 1.54) is 30.5 Å². The Morgan fingerprint density at radius 2 is 1.92 bits per heavy atom. The second-order valence-corrected chi connectivity index (χ2v) is 7.21. The van der Waals surface area contributed by atoms with Crippen molar-refractivity contribution in [3.05, 3.63) is 29.8 Å². The van der Waals surface area contributed by atoms with Crippen LogP contribution in [0, 0.1) is 5.41 Å². The predicted molar refractivity (Wildman–Crippen MR) is 106 cm³/mol. The van der Waals surface area contributed by atoms with Crippen molar-refractivity contribution in [3.8, 4) is 0 Å². The molecular weight excluding hydrogens is 312 g/mol. The average molecular weight is 347 g/mol. The molecule has 140 valence electrons. The van der Waals surface area contributed by atoms with Gasteiger partial charge in [0.25, 0.3) is 0 Å². The molecule has 0 aliphatic heterocycles. The summed E-state index contributed by atoms with van der Waals surface area (Å²) >= 11 is 0. The highest BCUT2D eigenvalue weighted by molar-refractivity contribution is 5.79. The van der Waals surface area contributed by atoms with Crippen molar-refractivity contribution in [1.29, 1.82) is 0 Å². The van der Waals surface area contributed by atoms with Crippen LogP contribution in [0.1, 0.15) is 38.2 Å². The molecule has 1 aliphatic carbocycles. The highest BCUT2D eigenvalue weighted by Gasteiger charge is 2.36. The second kappa shape index (κ2) is 9.66. The standard InChI is InChI=1S/C20H34N4O/c1-5-21-19(23-16-20(11-6-12-20)13-14-25-4)22-15-17-7-9-18(10-8-17)24(2)3/h7-10H,5-6,11-16H2,1-4H3,(H2,21,22,23). The maximum atomic E-state index is 5.28. The molecule has 0 spiro atoms. The van der Waals surface area contributed by atoms with Crippen molar-refractivity contribution in [1.82, 2.24) is 10.6 Å². The summed E-state index contributed by atoms with van der Waals surface area (Å²) in [6, 6.07) is 8.57. The average Bonchev–Trinajstić information content (AvgIpc) is 2.58. The molecule has 0 heterocycles. The van der Waals surface area contributed by atoms with Crippen LogP contribution in [0.25, 0.3) is 0 Å². The fraction of sp³-hybridized carbons (Fsp3) is 0.650. The van der Waals surface area contributed by atoms with Crippen LogP contribution in [0.3, 0.4) is 0 Å². The van der Waals surface area contributed by atoms with Crippen LogP contribution in [-0.4, -0.2) is 46.9 Å². The van der Waals surface area contributed by atoms with Crippen LogP contribution >= 0.6 is 0 Å². The van der Waals surface area contributed by atoms with Gasteiger partial charge < -0.3 is 20.3 Å². The third kappa shape index (κ3) is 5.92. The quantitative estimate of drug-likeness (QED) is 0.533. The Labute approximate surface area is 152 Å². The molecule has 0 radical (unpaired) electrons. The lowest BCUT2D eigenvalue weighted by Crippen LogP contribution is -2.46. The number of rotatable bonds is 9. The first-order valence-electron chi connectivity index (χ1n) is 9.36. The Morgan fingerprint density at radius 3 is 2.44 bits per heavy atom. The molecule has 2 rings (SSSR count). The van der Waals surface area contributed by atoms with E-state index in [2.05, 4.69) is 60.8 Å². The zero-order valence-corrected chi connectivity index (χ0v) is 16.3. The summed E-state index contributed by atoms with van der Waals surface area (Å²) < 4.78 is 5.28. The molecule has 0 aromatic heterocycles. The first kappa shape index (κ1) is 19.6. The molecule has 1 aromatic carbocycles. The number of anilines is 1. The van der Waals surface area contributed by atoms with E-state index in [0.29, 0.717) is 12.0 Å². The number of hydrogen-bond acceptors (Lipinski definition) is 3. The zero-order chi connectivity index (χ0) is 18.1. The van der Waals surface area contributed by atoms with E-state index in [4.69, 9.17) is 9.73 Å². The third-order valence-electron chi connectivity index (χ3n) is 5.10. The van der Waals surface area contributed by atoms with Crippen molar-refractivity contribution < 1.29 is 4.74 Å². The lowest BCUT2D eigenvalue weighted by atomic mass is 9.67. The zero-order valence-electron chi connectivity index (χ0n) is 16.3. The maximum absolute atomic E-state index is 5.28. The Morgan fingerprint density at radius 1 is 1.20 bits per heavy atom. The summed E-state index contributed by atoms with van der Waals surface area (Å²) in [6.07, 6.45) is 5.03. The van der Waals surface area contributed by atoms with Gasteiger partial charge in [-0.2, -0.15) is 0 Å². The first-order chi connectivity index (χ1) is 12.1. The number of benzene rings is 1. The Kier molecular flexibility index (Phi) is 7.56. The number of methoxy groups -OCH3 is 1. The lowest BCUT2D eigenvalue weighted by Gasteiger charge is -2.42. The van der Waals surface area contributed by atoms with Crippen LogP contribution in [0.4, 0.5) is 5.69 Å². The molecule has 0 saturated heterocycles. The fourth-order valence-electron chi connectivity index (χ4n) is 3.19. The number of aliphatic imine (C=N–C) groups is 1. The number of guanidine groups is 1. The second-order valence-electron chi connectivity index (χ2n) is 7.21. The summed E-state index contributed by atoms with van der Waals surface area (Å²) in [5.41, 5.74) is 2.82. The van der Waals surface area contributed by atoms with Crippen molar-refractivity contribution in [2.75, 3.05) is 45.8 Å². The van der Waals surface area contributed by atoms with Gasteiger partial charge in [-0.25, -0.2) is 4.99 Å². The van der Waals surface area contributed by atoms with E-state index in [9.17, 15) is 0 Å². The van der Waals surface area contributed by atoms with Gasteiger partial charge in [-0.15, -0.1) is 0 Å². The van der Waals surface area contributed by atoms with Gasteiger partial charge in [0.1, 0.15) is 0 Å². The monoisotopic (exact) mass is 346 g/mol. The van der Waals surface area contributed by atoms with Crippen LogP contribution in [0.5, 0.6) is 0 Å². The summed E-state index contributed by atoms with van der Waals surface area (Å²) in [7, 11) is 5.90. The van der Waals surface area contributed by atoms with Crippen molar-refractivity contribution in [2.24, 2.45) is 10.4 Å². The topological polar surface area (TPSA) is 48.9 Å².